The quantitative estimate of drug-likeness (QED) is 0.304. The van der Waals surface area contributed by atoms with Crippen LogP contribution in [0.15, 0.2) is 77.7 Å². The summed E-state index contributed by atoms with van der Waals surface area (Å²) >= 11 is 0. The third kappa shape index (κ3) is 8.07. The largest absolute Gasteiger partial charge is 0.494 e. The number of rotatable bonds is 13. The molecule has 0 saturated heterocycles. The van der Waals surface area contributed by atoms with E-state index in [-0.39, 0.29) is 28.7 Å². The van der Waals surface area contributed by atoms with Gasteiger partial charge in [0.15, 0.2) is 0 Å². The van der Waals surface area contributed by atoms with Gasteiger partial charge in [-0.1, -0.05) is 42.8 Å². The molecule has 2 atom stereocenters. The Hall–Kier alpha value is -3.92. The molecule has 1 N–H and O–H groups in total. The van der Waals surface area contributed by atoms with E-state index in [0.29, 0.717) is 18.8 Å². The van der Waals surface area contributed by atoms with E-state index in [0.717, 1.165) is 9.87 Å². The summed E-state index contributed by atoms with van der Waals surface area (Å²) in [4.78, 5) is 28.3. The Kier molecular flexibility index (Phi) is 10.9. The first-order valence-corrected chi connectivity index (χ1v) is 15.1. The Bertz CT molecular complexity index is 1430. The van der Waals surface area contributed by atoms with E-state index < -0.39 is 40.2 Å². The lowest BCUT2D eigenvalue weighted by Gasteiger charge is -2.32. The number of nitrogens with one attached hydrogen (secondary N) is 1. The van der Waals surface area contributed by atoms with Crippen molar-refractivity contribution >= 4 is 27.5 Å². The number of sulfonamides is 1. The summed E-state index contributed by atoms with van der Waals surface area (Å²) in [5.74, 6) is -1.06. The zero-order valence-corrected chi connectivity index (χ0v) is 24.9. The lowest BCUT2D eigenvalue weighted by Crippen LogP contribution is -2.52. The van der Waals surface area contributed by atoms with E-state index in [9.17, 15) is 22.4 Å². The maximum Gasteiger partial charge on any atom is 0.264 e. The molecule has 0 unspecified atom stereocenters. The maximum atomic E-state index is 14.7. The number of hydrogen-bond donors (Lipinski definition) is 1. The van der Waals surface area contributed by atoms with Crippen LogP contribution in [0.25, 0.3) is 0 Å². The molecule has 0 radical (unpaired) electrons. The van der Waals surface area contributed by atoms with E-state index in [1.165, 1.54) is 35.2 Å². The topological polar surface area (TPSA) is 96.0 Å². The van der Waals surface area contributed by atoms with Crippen molar-refractivity contribution in [2.45, 2.75) is 64.6 Å². The Morgan fingerprint density at radius 2 is 1.59 bits per heavy atom. The van der Waals surface area contributed by atoms with Crippen molar-refractivity contribution in [1.82, 2.24) is 10.2 Å². The van der Waals surface area contributed by atoms with Crippen LogP contribution in [0.2, 0.25) is 0 Å². The predicted octanol–water partition coefficient (Wildman–Crippen LogP) is 5.06. The molecule has 3 aromatic rings. The molecule has 0 saturated carbocycles. The fourth-order valence-electron chi connectivity index (χ4n) is 4.10. The average molecular weight is 584 g/mol. The van der Waals surface area contributed by atoms with Crippen molar-refractivity contribution in [3.05, 3.63) is 89.7 Å². The highest BCUT2D eigenvalue weighted by Crippen LogP contribution is 2.27. The number of carbonyl (C=O) groups excluding carboxylic acids is 2. The van der Waals surface area contributed by atoms with Gasteiger partial charge in [0.2, 0.25) is 11.8 Å². The van der Waals surface area contributed by atoms with Gasteiger partial charge in [-0.25, -0.2) is 12.8 Å². The first-order valence-electron chi connectivity index (χ1n) is 13.6. The number of carbonyl (C=O) groups is 2. The van der Waals surface area contributed by atoms with Gasteiger partial charge in [-0.15, -0.1) is 0 Å². The first kappa shape index (κ1) is 31.6. The van der Waals surface area contributed by atoms with Gasteiger partial charge in [0.05, 0.1) is 17.2 Å². The van der Waals surface area contributed by atoms with Crippen LogP contribution in [0, 0.1) is 12.7 Å². The highest BCUT2D eigenvalue weighted by molar-refractivity contribution is 7.92. The predicted molar refractivity (Wildman–Crippen MR) is 158 cm³/mol. The van der Waals surface area contributed by atoms with Crippen LogP contribution in [-0.4, -0.2) is 50.4 Å². The van der Waals surface area contributed by atoms with Crippen LogP contribution in [0.3, 0.4) is 0 Å². The molecule has 0 aliphatic heterocycles. The second-order valence-electron chi connectivity index (χ2n) is 9.86. The Labute approximate surface area is 242 Å². The minimum absolute atomic E-state index is 0.00741. The van der Waals surface area contributed by atoms with E-state index in [4.69, 9.17) is 4.74 Å². The summed E-state index contributed by atoms with van der Waals surface area (Å²) in [6.45, 7) is 8.59. The fourth-order valence-corrected chi connectivity index (χ4v) is 5.51. The van der Waals surface area contributed by atoms with Crippen LogP contribution in [0.5, 0.6) is 5.75 Å². The molecule has 3 aromatic carbocycles. The zero-order valence-electron chi connectivity index (χ0n) is 24.1. The van der Waals surface area contributed by atoms with Gasteiger partial charge in [-0.3, -0.25) is 13.9 Å². The molecule has 0 spiro atoms. The fraction of sp³-hybridized carbons (Fsp3) is 0.355. The minimum Gasteiger partial charge on any atom is -0.494 e. The van der Waals surface area contributed by atoms with E-state index >= 15 is 0 Å². The van der Waals surface area contributed by atoms with E-state index in [2.05, 4.69) is 5.32 Å². The molecule has 0 aliphatic carbocycles. The second kappa shape index (κ2) is 14.1. The molecular weight excluding hydrogens is 545 g/mol. The number of ether oxygens (including phenoxy) is 1. The molecule has 2 amide bonds. The van der Waals surface area contributed by atoms with Crippen LogP contribution in [0.4, 0.5) is 10.1 Å². The standard InChI is InChI=1S/C31H38FN3O5S/c1-6-23(4)33-31(37)24(5)34(20-25-10-8-9-11-29(25)32)30(36)21-35(26-14-16-27(17-15-26)40-7-2)41(38,39)28-18-12-22(3)13-19-28/h8-19,23-24H,6-7,20-21H2,1-5H3,(H,33,37)/t23-,24+/m0/s1. The molecule has 220 valence electrons. The van der Waals surface area contributed by atoms with Gasteiger partial charge >= 0.3 is 0 Å². The van der Waals surface area contributed by atoms with Gasteiger partial charge < -0.3 is 15.0 Å². The van der Waals surface area contributed by atoms with Crippen molar-refractivity contribution in [2.75, 3.05) is 17.5 Å². The molecule has 41 heavy (non-hydrogen) atoms. The molecule has 0 bridgehead atoms. The number of benzene rings is 3. The number of halogens is 1. The van der Waals surface area contributed by atoms with Gasteiger partial charge in [0.1, 0.15) is 24.2 Å². The van der Waals surface area contributed by atoms with E-state index in [1.807, 2.05) is 27.7 Å². The Morgan fingerprint density at radius 1 is 0.951 bits per heavy atom. The average Bonchev–Trinajstić information content (AvgIpc) is 2.95. The minimum atomic E-state index is -4.20. The smallest absolute Gasteiger partial charge is 0.264 e. The molecule has 0 heterocycles. The van der Waals surface area contributed by atoms with Gasteiger partial charge in [0, 0.05) is 18.2 Å². The van der Waals surface area contributed by atoms with Crippen molar-refractivity contribution in [3.63, 3.8) is 0 Å². The van der Waals surface area contributed by atoms with E-state index in [1.54, 1.807) is 49.4 Å². The third-order valence-electron chi connectivity index (χ3n) is 6.79. The summed E-state index contributed by atoms with van der Waals surface area (Å²) < 4.78 is 49.0. The summed E-state index contributed by atoms with van der Waals surface area (Å²) in [6, 6.07) is 17.5. The number of hydrogen-bond acceptors (Lipinski definition) is 5. The Morgan fingerprint density at radius 3 is 2.17 bits per heavy atom. The lowest BCUT2D eigenvalue weighted by molar-refractivity contribution is -0.139. The molecule has 0 fully saturated rings. The number of amides is 2. The van der Waals surface area contributed by atoms with Crippen LogP contribution in [-0.2, 0) is 26.2 Å². The monoisotopic (exact) mass is 583 g/mol. The highest BCUT2D eigenvalue weighted by Gasteiger charge is 2.33. The van der Waals surface area contributed by atoms with Gasteiger partial charge in [-0.2, -0.15) is 0 Å². The van der Waals surface area contributed by atoms with Crippen molar-refractivity contribution in [3.8, 4) is 5.75 Å². The third-order valence-corrected chi connectivity index (χ3v) is 8.58. The lowest BCUT2D eigenvalue weighted by atomic mass is 10.1. The van der Waals surface area contributed by atoms with Gasteiger partial charge in [-0.05, 0) is 76.6 Å². The van der Waals surface area contributed by atoms with Gasteiger partial charge in [0.25, 0.3) is 10.0 Å². The summed E-state index contributed by atoms with van der Waals surface area (Å²) in [5.41, 5.74) is 1.33. The molecule has 3 rings (SSSR count). The molecule has 8 nitrogen and oxygen atoms in total. The van der Waals surface area contributed by atoms with Crippen LogP contribution >= 0.6 is 0 Å². The molecule has 0 aromatic heterocycles. The van der Waals surface area contributed by atoms with Crippen molar-refractivity contribution in [2.24, 2.45) is 0 Å². The van der Waals surface area contributed by atoms with Crippen molar-refractivity contribution in [1.29, 1.82) is 0 Å². The molecule has 0 aliphatic rings. The summed E-state index contributed by atoms with van der Waals surface area (Å²) in [5, 5.41) is 2.86. The first-order chi connectivity index (χ1) is 19.5. The molecular formula is C31H38FN3O5S. The number of anilines is 1. The van der Waals surface area contributed by atoms with Crippen LogP contribution in [0.1, 0.15) is 45.2 Å². The molecule has 10 heteroatoms. The number of nitrogens with zero attached hydrogens (tertiary/aromatic N) is 2. The van der Waals surface area contributed by atoms with Crippen molar-refractivity contribution < 1.29 is 27.1 Å². The summed E-state index contributed by atoms with van der Waals surface area (Å²) in [6.07, 6.45) is 0.681. The number of aryl methyl sites for hydroxylation is 1. The zero-order chi connectivity index (χ0) is 30.2. The van der Waals surface area contributed by atoms with Crippen LogP contribution < -0.4 is 14.4 Å². The normalized spacial score (nSPS) is 12.7. The summed E-state index contributed by atoms with van der Waals surface area (Å²) in [7, 11) is -4.20. The second-order valence-corrected chi connectivity index (χ2v) is 11.7. The maximum absolute atomic E-state index is 14.7. The Balaban J connectivity index is 2.04. The SMILES string of the molecule is CCOc1ccc(N(CC(=O)N(Cc2ccccc2F)[C@H](C)C(=O)N[C@@H](C)CC)S(=O)(=O)c2ccc(C)cc2)cc1. The highest BCUT2D eigenvalue weighted by atomic mass is 32.2.